The van der Waals surface area contributed by atoms with Gasteiger partial charge in [-0.3, -0.25) is 4.99 Å². The molecule has 0 bridgehead atoms. The van der Waals surface area contributed by atoms with Gasteiger partial charge in [0.15, 0.2) is 5.96 Å². The first-order valence-corrected chi connectivity index (χ1v) is 9.40. The van der Waals surface area contributed by atoms with Crippen molar-refractivity contribution in [1.82, 2.24) is 10.6 Å². The Morgan fingerprint density at radius 3 is 2.48 bits per heavy atom. The van der Waals surface area contributed by atoms with Crippen molar-refractivity contribution in [3.63, 3.8) is 0 Å². The molecule has 0 unspecified atom stereocenters. The summed E-state index contributed by atoms with van der Waals surface area (Å²) in [4.78, 5) is 4.21. The van der Waals surface area contributed by atoms with Gasteiger partial charge in [0.25, 0.3) is 0 Å². The van der Waals surface area contributed by atoms with Gasteiger partial charge in [-0.2, -0.15) is 0 Å². The molecule has 150 valence electrons. The zero-order valence-electron chi connectivity index (χ0n) is 16.2. The van der Waals surface area contributed by atoms with Crippen molar-refractivity contribution in [2.45, 2.75) is 39.5 Å². The second-order valence-electron chi connectivity index (χ2n) is 6.70. The molecule has 0 saturated carbocycles. The number of ether oxygens (including phenoxy) is 3. The maximum atomic E-state index is 5.76. The lowest BCUT2D eigenvalue weighted by molar-refractivity contribution is 0.0203. The van der Waals surface area contributed by atoms with E-state index in [0.29, 0.717) is 18.4 Å². The van der Waals surface area contributed by atoms with E-state index in [-0.39, 0.29) is 24.0 Å². The maximum Gasteiger partial charge on any atom is 0.191 e. The van der Waals surface area contributed by atoms with Gasteiger partial charge in [-0.25, -0.2) is 0 Å². The van der Waals surface area contributed by atoms with Crippen LogP contribution < -0.4 is 10.6 Å². The molecule has 6 nitrogen and oxygen atoms in total. The second kappa shape index (κ2) is 17.3. The third kappa shape index (κ3) is 14.7. The SMILES string of the molecule is CN=C(NCCCOCC1CCOCC1)NCCOCCC(C)C.I. The van der Waals surface area contributed by atoms with Crippen molar-refractivity contribution < 1.29 is 14.2 Å². The smallest absolute Gasteiger partial charge is 0.191 e. The third-order valence-corrected chi connectivity index (χ3v) is 4.05. The molecule has 0 aromatic carbocycles. The van der Waals surface area contributed by atoms with E-state index in [2.05, 4.69) is 29.5 Å². The maximum absolute atomic E-state index is 5.76. The molecule has 0 atom stereocenters. The van der Waals surface area contributed by atoms with Crippen molar-refractivity contribution in [3.8, 4) is 0 Å². The Kier molecular flexibility index (Phi) is 17.2. The van der Waals surface area contributed by atoms with Gasteiger partial charge in [0.2, 0.25) is 0 Å². The predicted octanol–water partition coefficient (Wildman–Crippen LogP) is 2.67. The summed E-state index contributed by atoms with van der Waals surface area (Å²) in [6.45, 7) is 11.0. The van der Waals surface area contributed by atoms with E-state index in [0.717, 1.165) is 77.8 Å². The Morgan fingerprint density at radius 2 is 1.80 bits per heavy atom. The minimum atomic E-state index is 0. The fraction of sp³-hybridized carbons (Fsp3) is 0.944. The van der Waals surface area contributed by atoms with Gasteiger partial charge < -0.3 is 24.8 Å². The van der Waals surface area contributed by atoms with Gasteiger partial charge in [-0.15, -0.1) is 24.0 Å². The van der Waals surface area contributed by atoms with E-state index in [1.165, 1.54) is 0 Å². The number of guanidine groups is 1. The predicted molar refractivity (Wildman–Crippen MR) is 114 cm³/mol. The first-order valence-electron chi connectivity index (χ1n) is 9.40. The quantitative estimate of drug-likeness (QED) is 0.198. The number of hydrogen-bond acceptors (Lipinski definition) is 4. The van der Waals surface area contributed by atoms with Crippen LogP contribution in [0.2, 0.25) is 0 Å². The van der Waals surface area contributed by atoms with Crippen molar-refractivity contribution in [2.24, 2.45) is 16.8 Å². The lowest BCUT2D eigenvalue weighted by Crippen LogP contribution is -2.39. The lowest BCUT2D eigenvalue weighted by Gasteiger charge is -2.21. The largest absolute Gasteiger partial charge is 0.381 e. The summed E-state index contributed by atoms with van der Waals surface area (Å²) in [5, 5.41) is 6.56. The molecule has 0 amide bonds. The van der Waals surface area contributed by atoms with Crippen LogP contribution in [-0.2, 0) is 14.2 Å². The number of rotatable bonds is 12. The normalized spacial score (nSPS) is 15.9. The van der Waals surface area contributed by atoms with Gasteiger partial charge in [0, 0.05) is 53.2 Å². The monoisotopic (exact) mass is 471 g/mol. The molecule has 1 fully saturated rings. The highest BCUT2D eigenvalue weighted by atomic mass is 127. The minimum Gasteiger partial charge on any atom is -0.381 e. The van der Waals surface area contributed by atoms with Crippen LogP contribution in [-0.4, -0.2) is 65.7 Å². The molecule has 0 spiro atoms. The average Bonchev–Trinajstić information content (AvgIpc) is 2.59. The van der Waals surface area contributed by atoms with Crippen molar-refractivity contribution in [3.05, 3.63) is 0 Å². The van der Waals surface area contributed by atoms with Crippen molar-refractivity contribution in [1.29, 1.82) is 0 Å². The third-order valence-electron chi connectivity index (χ3n) is 4.05. The van der Waals surface area contributed by atoms with Gasteiger partial charge in [0.1, 0.15) is 0 Å². The molecule has 25 heavy (non-hydrogen) atoms. The summed E-state index contributed by atoms with van der Waals surface area (Å²) >= 11 is 0. The summed E-state index contributed by atoms with van der Waals surface area (Å²) < 4.78 is 16.7. The second-order valence-corrected chi connectivity index (χ2v) is 6.70. The Balaban J connectivity index is 0.00000576. The highest BCUT2D eigenvalue weighted by Crippen LogP contribution is 2.14. The number of hydrogen-bond donors (Lipinski definition) is 2. The zero-order chi connectivity index (χ0) is 17.5. The number of aliphatic imine (C=N–C) groups is 1. The van der Waals surface area contributed by atoms with Crippen molar-refractivity contribution in [2.75, 3.05) is 59.8 Å². The summed E-state index contributed by atoms with van der Waals surface area (Å²) in [6, 6.07) is 0. The molecule has 0 aromatic heterocycles. The topological polar surface area (TPSA) is 64.1 Å². The van der Waals surface area contributed by atoms with E-state index in [9.17, 15) is 0 Å². The van der Waals surface area contributed by atoms with E-state index < -0.39 is 0 Å². The summed E-state index contributed by atoms with van der Waals surface area (Å²) in [5.74, 6) is 2.20. The minimum absolute atomic E-state index is 0. The van der Waals surface area contributed by atoms with Crippen LogP contribution in [0.4, 0.5) is 0 Å². The molecule has 1 saturated heterocycles. The van der Waals surface area contributed by atoms with Crippen molar-refractivity contribution >= 4 is 29.9 Å². The van der Waals surface area contributed by atoms with E-state index in [1.54, 1.807) is 7.05 Å². The van der Waals surface area contributed by atoms with E-state index >= 15 is 0 Å². The van der Waals surface area contributed by atoms with E-state index in [4.69, 9.17) is 14.2 Å². The fourth-order valence-corrected chi connectivity index (χ4v) is 2.43. The molecule has 1 heterocycles. The van der Waals surface area contributed by atoms with Gasteiger partial charge >= 0.3 is 0 Å². The molecule has 7 heteroatoms. The van der Waals surface area contributed by atoms with E-state index in [1.807, 2.05) is 0 Å². The molecule has 1 aliphatic rings. The Morgan fingerprint density at radius 1 is 1.08 bits per heavy atom. The Labute approximate surface area is 170 Å². The number of halogens is 1. The molecular weight excluding hydrogens is 433 g/mol. The summed E-state index contributed by atoms with van der Waals surface area (Å²) in [6.07, 6.45) is 4.36. The molecule has 0 radical (unpaired) electrons. The van der Waals surface area contributed by atoms with Crippen LogP contribution in [0.1, 0.15) is 39.5 Å². The molecule has 2 N–H and O–H groups in total. The molecule has 1 aliphatic heterocycles. The van der Waals surface area contributed by atoms with Crippen LogP contribution >= 0.6 is 24.0 Å². The average molecular weight is 471 g/mol. The first kappa shape index (κ1) is 24.9. The van der Waals surface area contributed by atoms with Gasteiger partial charge in [0.05, 0.1) is 6.61 Å². The standard InChI is InChI=1S/C18H37N3O3.HI/c1-16(2)5-11-23-14-9-21-18(19-3)20-8-4-10-24-15-17-6-12-22-13-7-17;/h16-17H,4-15H2,1-3H3,(H2,19,20,21);1H. The Bertz CT molecular complexity index is 325. The van der Waals surface area contributed by atoms with Crippen LogP contribution in [0.3, 0.4) is 0 Å². The summed E-state index contributed by atoms with van der Waals surface area (Å²) in [7, 11) is 1.79. The lowest BCUT2D eigenvalue weighted by atomic mass is 10.0. The van der Waals surface area contributed by atoms with Gasteiger partial charge in [-0.05, 0) is 37.5 Å². The highest BCUT2D eigenvalue weighted by Gasteiger charge is 2.13. The van der Waals surface area contributed by atoms with Crippen LogP contribution in [0, 0.1) is 11.8 Å². The molecule has 0 aliphatic carbocycles. The number of nitrogens with zero attached hydrogens (tertiary/aromatic N) is 1. The first-order chi connectivity index (χ1) is 11.7. The molecule has 1 rings (SSSR count). The molecular formula is C18H38IN3O3. The van der Waals surface area contributed by atoms with Crippen LogP contribution in [0.15, 0.2) is 4.99 Å². The molecule has 0 aromatic rings. The fourth-order valence-electron chi connectivity index (χ4n) is 2.43. The van der Waals surface area contributed by atoms with Gasteiger partial charge in [-0.1, -0.05) is 13.8 Å². The Hall–Kier alpha value is -0.120. The summed E-state index contributed by atoms with van der Waals surface area (Å²) in [5.41, 5.74) is 0. The van der Waals surface area contributed by atoms with Crippen LogP contribution in [0.25, 0.3) is 0 Å². The highest BCUT2D eigenvalue weighted by molar-refractivity contribution is 14.0. The number of nitrogens with one attached hydrogen (secondary N) is 2. The van der Waals surface area contributed by atoms with Crippen LogP contribution in [0.5, 0.6) is 0 Å². The zero-order valence-corrected chi connectivity index (χ0v) is 18.6.